The third-order valence-corrected chi connectivity index (χ3v) is 7.45. The van der Waals surface area contributed by atoms with Gasteiger partial charge in [0.2, 0.25) is 5.91 Å². The molecule has 2 aromatic carbocycles. The van der Waals surface area contributed by atoms with Crippen LogP contribution in [0.15, 0.2) is 70.9 Å². The number of rotatable bonds is 9. The highest BCUT2D eigenvalue weighted by Crippen LogP contribution is 2.40. The van der Waals surface area contributed by atoms with Crippen LogP contribution >= 0.6 is 11.8 Å². The van der Waals surface area contributed by atoms with E-state index in [1.54, 1.807) is 11.8 Å². The zero-order valence-electron chi connectivity index (χ0n) is 21.2. The van der Waals surface area contributed by atoms with Crippen molar-refractivity contribution in [1.82, 2.24) is 9.80 Å². The molecule has 0 aliphatic carbocycles. The minimum absolute atomic E-state index is 0.0182. The number of carbonyl (C=O) groups excluding carboxylic acids is 2. The number of carbonyl (C=O) groups is 2. The van der Waals surface area contributed by atoms with E-state index in [2.05, 4.69) is 10.2 Å². The average Bonchev–Trinajstić information content (AvgIpc) is 2.89. The first-order valence-electron chi connectivity index (χ1n) is 12.5. The number of hydrogen-bond acceptors (Lipinski definition) is 6. The lowest BCUT2D eigenvalue weighted by Crippen LogP contribution is -2.45. The minimum atomic E-state index is -0.246. The molecule has 0 spiro atoms. The number of ether oxygens (including phenoxy) is 1. The molecule has 1 fully saturated rings. The van der Waals surface area contributed by atoms with Crippen LogP contribution in [-0.4, -0.2) is 58.8 Å². The van der Waals surface area contributed by atoms with Gasteiger partial charge in [-0.1, -0.05) is 54.2 Å². The van der Waals surface area contributed by atoms with Gasteiger partial charge in [0.15, 0.2) is 5.17 Å². The van der Waals surface area contributed by atoms with Gasteiger partial charge in [-0.2, -0.15) is 0 Å². The van der Waals surface area contributed by atoms with Crippen molar-refractivity contribution in [3.63, 3.8) is 0 Å². The van der Waals surface area contributed by atoms with Crippen molar-refractivity contribution in [2.24, 2.45) is 4.99 Å². The third-order valence-electron chi connectivity index (χ3n) is 6.37. The first kappa shape index (κ1) is 26.0. The molecular formula is C28H34N4O3S. The van der Waals surface area contributed by atoms with Crippen molar-refractivity contribution >= 4 is 34.4 Å². The zero-order chi connectivity index (χ0) is 25.5. The molecule has 1 saturated heterocycles. The van der Waals surface area contributed by atoms with Crippen LogP contribution in [0.25, 0.3) is 0 Å². The molecule has 2 aliphatic heterocycles. The highest BCUT2D eigenvalue weighted by Gasteiger charge is 2.38. The van der Waals surface area contributed by atoms with Crippen molar-refractivity contribution in [1.29, 1.82) is 0 Å². The van der Waals surface area contributed by atoms with Gasteiger partial charge in [0, 0.05) is 31.1 Å². The van der Waals surface area contributed by atoms with Crippen LogP contribution in [0.3, 0.4) is 0 Å². The average molecular weight is 507 g/mol. The molecule has 2 heterocycles. The lowest BCUT2D eigenvalue weighted by molar-refractivity contribution is -0.127. The zero-order valence-corrected chi connectivity index (χ0v) is 22.0. The van der Waals surface area contributed by atoms with Gasteiger partial charge in [0.1, 0.15) is 6.61 Å². The molecule has 2 aliphatic rings. The molecule has 0 bridgehead atoms. The molecule has 1 N–H and O–H groups in total. The summed E-state index contributed by atoms with van der Waals surface area (Å²) in [6.07, 6.45) is 1.03. The van der Waals surface area contributed by atoms with E-state index in [9.17, 15) is 9.59 Å². The Bertz CT molecular complexity index is 1140. The summed E-state index contributed by atoms with van der Waals surface area (Å²) in [6, 6.07) is 17.3. The summed E-state index contributed by atoms with van der Waals surface area (Å²) in [7, 11) is 0. The van der Waals surface area contributed by atoms with Crippen LogP contribution in [0, 0.1) is 0 Å². The number of hydrogen-bond donors (Lipinski definition) is 1. The minimum Gasteiger partial charge on any atom is -0.367 e. The number of aliphatic imine (C=N–C) groups is 1. The van der Waals surface area contributed by atoms with Crippen LogP contribution in [0.5, 0.6) is 0 Å². The molecule has 0 saturated carbocycles. The standard InChI is InChI=1S/C28H34N4O3S/c1-4-31(5-2)27(34)25-20(3)29-28-32(15-10-16-36-28)26(25)22-13-9-14-23(17-22)30-24(33)19-35-18-21-11-7-6-8-12-21/h6-9,11-14,17,26H,4-5,10,15-16,18-19H2,1-3H3,(H,30,33). The van der Waals surface area contributed by atoms with Crippen LogP contribution in [-0.2, 0) is 20.9 Å². The molecule has 1 unspecified atom stereocenters. The van der Waals surface area contributed by atoms with Gasteiger partial charge in [-0.3, -0.25) is 9.59 Å². The highest BCUT2D eigenvalue weighted by atomic mass is 32.2. The fraction of sp³-hybridized carbons (Fsp3) is 0.393. The number of likely N-dealkylation sites (N-methyl/N-ethyl adjacent to an activating group) is 1. The molecule has 0 radical (unpaired) electrons. The smallest absolute Gasteiger partial charge is 0.254 e. The summed E-state index contributed by atoms with van der Waals surface area (Å²) in [5, 5.41) is 3.91. The Labute approximate surface area is 217 Å². The first-order chi connectivity index (χ1) is 17.5. The summed E-state index contributed by atoms with van der Waals surface area (Å²) in [4.78, 5) is 35.1. The van der Waals surface area contributed by atoms with Gasteiger partial charge in [-0.05, 0) is 50.5 Å². The van der Waals surface area contributed by atoms with E-state index < -0.39 is 0 Å². The summed E-state index contributed by atoms with van der Waals surface area (Å²) >= 11 is 1.74. The van der Waals surface area contributed by atoms with E-state index in [0.717, 1.165) is 40.7 Å². The number of thioether (sulfide) groups is 1. The number of benzene rings is 2. The van der Waals surface area contributed by atoms with Gasteiger partial charge in [0.25, 0.3) is 5.91 Å². The van der Waals surface area contributed by atoms with Crippen LogP contribution in [0.1, 0.15) is 44.4 Å². The number of allylic oxidation sites excluding steroid dienone is 1. The van der Waals surface area contributed by atoms with Crippen molar-refractivity contribution < 1.29 is 14.3 Å². The molecule has 1 atom stereocenters. The molecule has 36 heavy (non-hydrogen) atoms. The maximum Gasteiger partial charge on any atom is 0.254 e. The van der Waals surface area contributed by atoms with E-state index in [-0.39, 0.29) is 24.5 Å². The summed E-state index contributed by atoms with van der Waals surface area (Å²) in [5.41, 5.74) is 4.14. The Kier molecular flexibility index (Phi) is 8.83. The SMILES string of the molecule is CCN(CC)C(=O)C1=C(C)N=C2SCCCN2C1c1cccc(NC(=O)COCc2ccccc2)c1. The molecule has 190 valence electrons. The number of nitrogens with one attached hydrogen (secondary N) is 1. The monoisotopic (exact) mass is 506 g/mol. The van der Waals surface area contributed by atoms with E-state index in [1.165, 1.54) is 0 Å². The quantitative estimate of drug-likeness (QED) is 0.527. The van der Waals surface area contributed by atoms with Crippen LogP contribution in [0.4, 0.5) is 5.69 Å². The molecule has 8 heteroatoms. The Balaban J connectivity index is 1.54. The Morgan fingerprint density at radius 2 is 1.92 bits per heavy atom. The number of fused-ring (bicyclic) bond motifs is 1. The number of anilines is 1. The second-order valence-corrected chi connectivity index (χ2v) is 9.88. The van der Waals surface area contributed by atoms with Crippen molar-refractivity contribution in [2.75, 3.05) is 37.3 Å². The van der Waals surface area contributed by atoms with Gasteiger partial charge >= 0.3 is 0 Å². The number of amidine groups is 1. The predicted molar refractivity (Wildman–Crippen MR) is 146 cm³/mol. The van der Waals surface area contributed by atoms with Gasteiger partial charge < -0.3 is 19.9 Å². The summed E-state index contributed by atoms with van der Waals surface area (Å²) in [6.45, 7) is 8.39. The largest absolute Gasteiger partial charge is 0.367 e. The van der Waals surface area contributed by atoms with Crippen molar-refractivity contribution in [2.45, 2.75) is 39.8 Å². The Hall–Kier alpha value is -3.10. The molecule has 4 rings (SSSR count). The normalized spacial score (nSPS) is 17.4. The van der Waals surface area contributed by atoms with Crippen LogP contribution < -0.4 is 5.32 Å². The lowest BCUT2D eigenvalue weighted by atomic mass is 9.92. The van der Waals surface area contributed by atoms with Gasteiger partial charge in [-0.15, -0.1) is 0 Å². The molecular weight excluding hydrogens is 472 g/mol. The van der Waals surface area contributed by atoms with Crippen molar-refractivity contribution in [3.05, 3.63) is 77.0 Å². The second kappa shape index (κ2) is 12.2. The lowest BCUT2D eigenvalue weighted by Gasteiger charge is -2.41. The molecule has 2 amide bonds. The van der Waals surface area contributed by atoms with Gasteiger partial charge in [0.05, 0.1) is 23.9 Å². The van der Waals surface area contributed by atoms with Crippen molar-refractivity contribution in [3.8, 4) is 0 Å². The third kappa shape index (κ3) is 5.99. The van der Waals surface area contributed by atoms with E-state index in [1.807, 2.05) is 80.3 Å². The van der Waals surface area contributed by atoms with E-state index >= 15 is 0 Å². The Morgan fingerprint density at radius 3 is 2.67 bits per heavy atom. The van der Waals surface area contributed by atoms with E-state index in [0.29, 0.717) is 31.0 Å². The van der Waals surface area contributed by atoms with E-state index in [4.69, 9.17) is 9.73 Å². The number of nitrogens with zero attached hydrogens (tertiary/aromatic N) is 3. The number of amides is 2. The topological polar surface area (TPSA) is 74.2 Å². The highest BCUT2D eigenvalue weighted by molar-refractivity contribution is 8.13. The maximum atomic E-state index is 13.6. The summed E-state index contributed by atoms with van der Waals surface area (Å²) in [5.74, 6) is 0.826. The maximum absolute atomic E-state index is 13.6. The fourth-order valence-electron chi connectivity index (χ4n) is 4.59. The predicted octanol–water partition coefficient (Wildman–Crippen LogP) is 4.83. The van der Waals surface area contributed by atoms with Crippen LogP contribution in [0.2, 0.25) is 0 Å². The first-order valence-corrected chi connectivity index (χ1v) is 13.5. The molecule has 2 aromatic rings. The van der Waals surface area contributed by atoms with Gasteiger partial charge in [-0.25, -0.2) is 4.99 Å². The Morgan fingerprint density at radius 1 is 1.14 bits per heavy atom. The summed E-state index contributed by atoms with van der Waals surface area (Å²) < 4.78 is 5.59. The molecule has 0 aromatic heterocycles. The molecule has 7 nitrogen and oxygen atoms in total. The fourth-order valence-corrected chi connectivity index (χ4v) is 5.61. The second-order valence-electron chi connectivity index (χ2n) is 8.82.